The molecule has 0 aromatic carbocycles. The molecule has 0 radical (unpaired) electrons. The SMILES string of the molecule is CC1OCCC1N(C)C1CCC(O)C1. The van der Waals surface area contributed by atoms with Crippen LogP contribution in [0.1, 0.15) is 32.6 Å². The van der Waals surface area contributed by atoms with Crippen molar-refractivity contribution in [1.29, 1.82) is 0 Å². The highest BCUT2D eigenvalue weighted by Gasteiger charge is 2.34. The minimum absolute atomic E-state index is 0.0694. The lowest BCUT2D eigenvalue weighted by Gasteiger charge is -2.32. The van der Waals surface area contributed by atoms with Gasteiger partial charge in [-0.25, -0.2) is 0 Å². The van der Waals surface area contributed by atoms with Crippen molar-refractivity contribution in [2.45, 2.75) is 56.9 Å². The number of likely N-dealkylation sites (N-methyl/N-ethyl adjacent to an activating group) is 1. The lowest BCUT2D eigenvalue weighted by Crippen LogP contribution is -2.42. The molecule has 1 heterocycles. The van der Waals surface area contributed by atoms with Gasteiger partial charge >= 0.3 is 0 Å². The van der Waals surface area contributed by atoms with Crippen molar-refractivity contribution in [3.63, 3.8) is 0 Å². The molecule has 0 bridgehead atoms. The van der Waals surface area contributed by atoms with Crippen LogP contribution in [0.4, 0.5) is 0 Å². The van der Waals surface area contributed by atoms with Crippen LogP contribution < -0.4 is 0 Å². The van der Waals surface area contributed by atoms with Crippen LogP contribution in [0.25, 0.3) is 0 Å². The molecule has 1 aliphatic carbocycles. The highest BCUT2D eigenvalue weighted by atomic mass is 16.5. The number of hydrogen-bond acceptors (Lipinski definition) is 3. The molecule has 2 rings (SSSR count). The third-order valence-electron chi connectivity index (χ3n) is 3.81. The van der Waals surface area contributed by atoms with E-state index in [1.54, 1.807) is 0 Å². The van der Waals surface area contributed by atoms with Gasteiger partial charge in [0, 0.05) is 18.7 Å². The Balaban J connectivity index is 1.90. The molecule has 4 unspecified atom stereocenters. The van der Waals surface area contributed by atoms with Crippen LogP contribution in [0.5, 0.6) is 0 Å². The molecular formula is C11H21NO2. The first-order valence-corrected chi connectivity index (χ1v) is 5.70. The quantitative estimate of drug-likeness (QED) is 0.720. The molecule has 1 N–H and O–H groups in total. The molecule has 2 fully saturated rings. The maximum atomic E-state index is 9.50. The first kappa shape index (κ1) is 10.4. The molecule has 2 aliphatic rings. The summed E-state index contributed by atoms with van der Waals surface area (Å²) < 4.78 is 5.57. The second-order valence-electron chi connectivity index (χ2n) is 4.72. The van der Waals surface area contributed by atoms with Crippen molar-refractivity contribution in [1.82, 2.24) is 4.90 Å². The van der Waals surface area contributed by atoms with Crippen LogP contribution in [0.2, 0.25) is 0 Å². The smallest absolute Gasteiger partial charge is 0.0703 e. The highest BCUT2D eigenvalue weighted by molar-refractivity contribution is 4.88. The lowest BCUT2D eigenvalue weighted by atomic mass is 10.1. The first-order chi connectivity index (χ1) is 6.68. The zero-order chi connectivity index (χ0) is 10.1. The number of aliphatic hydroxyl groups excluding tert-OH is 1. The molecule has 14 heavy (non-hydrogen) atoms. The van der Waals surface area contributed by atoms with Crippen LogP contribution in [0.3, 0.4) is 0 Å². The highest BCUT2D eigenvalue weighted by Crippen LogP contribution is 2.28. The number of rotatable bonds is 2. The van der Waals surface area contributed by atoms with Crippen LogP contribution in [-0.4, -0.2) is 48.0 Å². The standard InChI is InChI=1S/C11H21NO2/c1-8-11(5-6-14-8)12(2)9-3-4-10(13)7-9/h8-11,13H,3-7H2,1-2H3. The fraction of sp³-hybridized carbons (Fsp3) is 1.00. The molecule has 3 nitrogen and oxygen atoms in total. The van der Waals surface area contributed by atoms with E-state index in [-0.39, 0.29) is 6.10 Å². The molecule has 1 saturated carbocycles. The molecule has 0 amide bonds. The Hall–Kier alpha value is -0.120. The van der Waals surface area contributed by atoms with Gasteiger partial charge in [0.25, 0.3) is 0 Å². The molecule has 3 heteroatoms. The zero-order valence-electron chi connectivity index (χ0n) is 9.15. The van der Waals surface area contributed by atoms with Crippen molar-refractivity contribution < 1.29 is 9.84 Å². The van der Waals surface area contributed by atoms with E-state index >= 15 is 0 Å². The largest absolute Gasteiger partial charge is 0.393 e. The van der Waals surface area contributed by atoms with E-state index < -0.39 is 0 Å². The maximum Gasteiger partial charge on any atom is 0.0703 e. The van der Waals surface area contributed by atoms with Gasteiger partial charge in [0.15, 0.2) is 0 Å². The summed E-state index contributed by atoms with van der Waals surface area (Å²) in [5.74, 6) is 0. The Kier molecular flexibility index (Phi) is 3.10. The predicted octanol–water partition coefficient (Wildman–Crippen LogP) is 1.01. The Morgan fingerprint density at radius 1 is 1.29 bits per heavy atom. The zero-order valence-corrected chi connectivity index (χ0v) is 9.15. The Morgan fingerprint density at radius 3 is 2.57 bits per heavy atom. The normalized spacial score (nSPS) is 43.7. The third kappa shape index (κ3) is 1.95. The molecule has 0 spiro atoms. The van der Waals surface area contributed by atoms with Crippen molar-refractivity contribution in [3.05, 3.63) is 0 Å². The maximum absolute atomic E-state index is 9.50. The summed E-state index contributed by atoms with van der Waals surface area (Å²) in [6, 6.07) is 1.13. The number of aliphatic hydroxyl groups is 1. The van der Waals surface area contributed by atoms with Crippen molar-refractivity contribution in [2.24, 2.45) is 0 Å². The molecule has 0 aromatic heterocycles. The van der Waals surface area contributed by atoms with Gasteiger partial charge in [-0.2, -0.15) is 0 Å². The van der Waals surface area contributed by atoms with E-state index in [2.05, 4.69) is 18.9 Å². The summed E-state index contributed by atoms with van der Waals surface area (Å²) in [5.41, 5.74) is 0. The van der Waals surface area contributed by atoms with Gasteiger partial charge < -0.3 is 9.84 Å². The van der Waals surface area contributed by atoms with E-state index in [1.807, 2.05) is 0 Å². The molecule has 1 aliphatic heterocycles. The van der Waals surface area contributed by atoms with E-state index in [0.29, 0.717) is 18.2 Å². The summed E-state index contributed by atoms with van der Waals surface area (Å²) in [7, 11) is 2.18. The minimum atomic E-state index is -0.0694. The van der Waals surface area contributed by atoms with Gasteiger partial charge in [0.05, 0.1) is 12.2 Å². The number of hydrogen-bond donors (Lipinski definition) is 1. The van der Waals surface area contributed by atoms with Crippen LogP contribution in [-0.2, 0) is 4.74 Å². The second-order valence-corrected chi connectivity index (χ2v) is 4.72. The fourth-order valence-corrected chi connectivity index (χ4v) is 2.83. The molecule has 0 aromatic rings. The van der Waals surface area contributed by atoms with E-state index in [0.717, 1.165) is 32.3 Å². The third-order valence-corrected chi connectivity index (χ3v) is 3.81. The van der Waals surface area contributed by atoms with Crippen LogP contribution >= 0.6 is 0 Å². The summed E-state index contributed by atoms with van der Waals surface area (Å²) in [5, 5.41) is 9.50. The monoisotopic (exact) mass is 199 g/mol. The van der Waals surface area contributed by atoms with Crippen molar-refractivity contribution in [2.75, 3.05) is 13.7 Å². The van der Waals surface area contributed by atoms with Gasteiger partial charge in [-0.3, -0.25) is 4.90 Å². The molecular weight excluding hydrogens is 178 g/mol. The first-order valence-electron chi connectivity index (χ1n) is 5.70. The van der Waals surface area contributed by atoms with Gasteiger partial charge in [-0.05, 0) is 39.7 Å². The Bertz CT molecular complexity index is 198. The van der Waals surface area contributed by atoms with Gasteiger partial charge in [-0.1, -0.05) is 0 Å². The van der Waals surface area contributed by atoms with Crippen LogP contribution in [0.15, 0.2) is 0 Å². The molecule has 4 atom stereocenters. The van der Waals surface area contributed by atoms with Crippen LogP contribution in [0, 0.1) is 0 Å². The van der Waals surface area contributed by atoms with Crippen molar-refractivity contribution in [3.8, 4) is 0 Å². The lowest BCUT2D eigenvalue weighted by molar-refractivity contribution is 0.0647. The molecule has 1 saturated heterocycles. The van der Waals surface area contributed by atoms with Gasteiger partial charge in [0.2, 0.25) is 0 Å². The number of nitrogens with zero attached hydrogens (tertiary/aromatic N) is 1. The van der Waals surface area contributed by atoms with Gasteiger partial charge in [0.1, 0.15) is 0 Å². The summed E-state index contributed by atoms with van der Waals surface area (Å²) in [4.78, 5) is 2.42. The van der Waals surface area contributed by atoms with Gasteiger partial charge in [-0.15, -0.1) is 0 Å². The fourth-order valence-electron chi connectivity index (χ4n) is 2.83. The summed E-state index contributed by atoms with van der Waals surface area (Å²) >= 11 is 0. The van der Waals surface area contributed by atoms with E-state index in [9.17, 15) is 5.11 Å². The Morgan fingerprint density at radius 2 is 2.07 bits per heavy atom. The minimum Gasteiger partial charge on any atom is -0.393 e. The average molecular weight is 199 g/mol. The number of ether oxygens (including phenoxy) is 1. The summed E-state index contributed by atoms with van der Waals surface area (Å²) in [6.07, 6.45) is 4.49. The average Bonchev–Trinajstić information content (AvgIpc) is 2.73. The Labute approximate surface area is 86.0 Å². The van der Waals surface area contributed by atoms with E-state index in [4.69, 9.17) is 4.74 Å². The van der Waals surface area contributed by atoms with Crippen molar-refractivity contribution >= 4 is 0 Å². The summed E-state index contributed by atoms with van der Waals surface area (Å²) in [6.45, 7) is 3.05. The topological polar surface area (TPSA) is 32.7 Å². The van der Waals surface area contributed by atoms with E-state index in [1.165, 1.54) is 0 Å². The second kappa shape index (κ2) is 4.17. The molecule has 82 valence electrons. The predicted molar refractivity (Wildman–Crippen MR) is 55.2 cm³/mol.